The smallest absolute Gasteiger partial charge is 0.462 e. The first-order valence-electron chi connectivity index (χ1n) is 13.0. The van der Waals surface area contributed by atoms with Gasteiger partial charge in [0.15, 0.2) is 12.4 Å². The Bertz CT molecular complexity index is 795. The highest BCUT2D eigenvalue weighted by molar-refractivity contribution is 7.46. The fourth-order valence-electron chi connectivity index (χ4n) is 3.84. The molecule has 0 bridgehead atoms. The number of unbranched alkanes of at least 4 members (excludes halogenated alkanes) is 3. The minimum absolute atomic E-state index is 0.0134. The standard InChI is InChI=1S/C25H43O12P/c1-3-4-7-10-19(27)13-14-23-21(22(28)15-25(30)37-23)11-8-5-6-9-12-24(29)36-20(16-34-18(2)26)17-35-38(31,32)33/h5,8,13-14,19-23,25,27-28,30H,3-4,6-7,9-12,15-17H2,1-2H3,(H2,31,32,33)/b8-5-,14-13+/t19-,20+,21-,22-,23+,25?/m0/s1. The van der Waals surface area contributed by atoms with Crippen LogP contribution in [0.2, 0.25) is 0 Å². The highest BCUT2D eigenvalue weighted by Crippen LogP contribution is 2.36. The van der Waals surface area contributed by atoms with Crippen LogP contribution in [0, 0.1) is 5.92 Å². The molecule has 5 N–H and O–H groups in total. The third kappa shape index (κ3) is 16.4. The van der Waals surface area contributed by atoms with E-state index in [0.717, 1.165) is 26.2 Å². The van der Waals surface area contributed by atoms with Crippen molar-refractivity contribution in [3.63, 3.8) is 0 Å². The van der Waals surface area contributed by atoms with Crippen molar-refractivity contribution in [2.45, 2.75) is 102 Å². The topological polar surface area (TPSA) is 189 Å². The quantitative estimate of drug-likeness (QED) is 0.0705. The second kappa shape index (κ2) is 18.6. The van der Waals surface area contributed by atoms with Gasteiger partial charge in [0.05, 0.1) is 24.9 Å². The molecule has 12 nitrogen and oxygen atoms in total. The SMILES string of the molecule is CCCCC[C@H](O)/C=C/[C@H]1OC(O)C[C@H](O)[C@@H]1C/C=C\CCCC(=O)O[C@H](COC(C)=O)COP(=O)(O)O. The monoisotopic (exact) mass is 566 g/mol. The molecule has 13 heteroatoms. The first-order chi connectivity index (χ1) is 17.9. The largest absolute Gasteiger partial charge is 0.469 e. The first kappa shape index (κ1) is 34.4. The number of hydrogen-bond donors (Lipinski definition) is 5. The molecule has 1 heterocycles. The molecule has 1 fully saturated rings. The van der Waals surface area contributed by atoms with Crippen LogP contribution in [0.1, 0.15) is 71.6 Å². The number of hydrogen-bond acceptors (Lipinski definition) is 10. The van der Waals surface area contributed by atoms with Crippen LogP contribution < -0.4 is 0 Å². The lowest BCUT2D eigenvalue weighted by molar-refractivity contribution is -0.199. The minimum atomic E-state index is -4.78. The van der Waals surface area contributed by atoms with E-state index >= 15 is 0 Å². The molecule has 38 heavy (non-hydrogen) atoms. The first-order valence-corrected chi connectivity index (χ1v) is 14.5. The second-order valence-corrected chi connectivity index (χ2v) is 10.5. The molecule has 0 amide bonds. The molecule has 220 valence electrons. The van der Waals surface area contributed by atoms with E-state index in [4.69, 9.17) is 24.0 Å². The highest BCUT2D eigenvalue weighted by atomic mass is 31.2. The summed E-state index contributed by atoms with van der Waals surface area (Å²) < 4.78 is 30.6. The Morgan fingerprint density at radius 3 is 2.53 bits per heavy atom. The minimum Gasteiger partial charge on any atom is -0.462 e. The molecule has 0 aromatic carbocycles. The number of ether oxygens (including phenoxy) is 3. The maximum absolute atomic E-state index is 12.1. The van der Waals surface area contributed by atoms with Gasteiger partial charge in [-0.15, -0.1) is 0 Å². The number of carbonyl (C=O) groups excluding carboxylic acids is 2. The zero-order valence-corrected chi connectivity index (χ0v) is 23.0. The van der Waals surface area contributed by atoms with Gasteiger partial charge < -0.3 is 39.3 Å². The van der Waals surface area contributed by atoms with Crippen LogP contribution in [0.25, 0.3) is 0 Å². The van der Waals surface area contributed by atoms with Crippen LogP contribution in [-0.4, -0.2) is 81.0 Å². The number of aliphatic hydroxyl groups is 3. The Kier molecular flexibility index (Phi) is 16.9. The summed E-state index contributed by atoms with van der Waals surface area (Å²) in [4.78, 5) is 40.7. The van der Waals surface area contributed by atoms with E-state index in [0.29, 0.717) is 25.7 Å². The van der Waals surface area contributed by atoms with Gasteiger partial charge in [-0.05, 0) is 25.7 Å². The lowest BCUT2D eigenvalue weighted by Gasteiger charge is -2.36. The van der Waals surface area contributed by atoms with Gasteiger partial charge in [-0.2, -0.15) is 0 Å². The molecule has 0 spiro atoms. The van der Waals surface area contributed by atoms with Crippen molar-refractivity contribution in [1.82, 2.24) is 0 Å². The number of allylic oxidation sites excluding steroid dienone is 2. The van der Waals surface area contributed by atoms with E-state index < -0.39 is 63.7 Å². The maximum Gasteiger partial charge on any atom is 0.469 e. The van der Waals surface area contributed by atoms with Gasteiger partial charge >= 0.3 is 19.8 Å². The van der Waals surface area contributed by atoms with Gasteiger partial charge in [0.2, 0.25) is 0 Å². The lowest BCUT2D eigenvalue weighted by Crippen LogP contribution is -2.43. The molecule has 0 aromatic heterocycles. The molecule has 0 saturated carbocycles. The Morgan fingerprint density at radius 1 is 1.13 bits per heavy atom. The third-order valence-electron chi connectivity index (χ3n) is 5.83. The highest BCUT2D eigenvalue weighted by Gasteiger charge is 2.35. The zero-order chi connectivity index (χ0) is 28.6. The van der Waals surface area contributed by atoms with Crippen molar-refractivity contribution >= 4 is 19.8 Å². The maximum atomic E-state index is 12.1. The molecule has 1 aliphatic heterocycles. The van der Waals surface area contributed by atoms with E-state index in [1.165, 1.54) is 0 Å². The normalized spacial score (nSPS) is 24.0. The molecule has 1 aliphatic rings. The van der Waals surface area contributed by atoms with Crippen molar-refractivity contribution in [3.05, 3.63) is 24.3 Å². The summed E-state index contributed by atoms with van der Waals surface area (Å²) in [5.74, 6) is -1.59. The Labute approximate surface area is 223 Å². The Morgan fingerprint density at radius 2 is 1.87 bits per heavy atom. The molecular weight excluding hydrogens is 523 g/mol. The molecule has 6 atom stereocenters. The number of phosphoric ester groups is 1. The number of carbonyl (C=O) groups is 2. The van der Waals surface area contributed by atoms with Crippen LogP contribution in [-0.2, 0) is 32.9 Å². The molecule has 1 rings (SSSR count). The van der Waals surface area contributed by atoms with E-state index in [1.54, 1.807) is 12.2 Å². The molecule has 0 aliphatic carbocycles. The number of aliphatic hydroxyl groups excluding tert-OH is 3. The van der Waals surface area contributed by atoms with Crippen LogP contribution in [0.5, 0.6) is 0 Å². The summed E-state index contributed by atoms with van der Waals surface area (Å²) in [7, 11) is -4.78. The lowest BCUT2D eigenvalue weighted by atomic mass is 9.87. The molecule has 1 saturated heterocycles. The molecular formula is C25H43O12P. The van der Waals surface area contributed by atoms with Crippen molar-refractivity contribution in [1.29, 1.82) is 0 Å². The van der Waals surface area contributed by atoms with E-state index in [1.807, 2.05) is 12.2 Å². The molecule has 0 radical (unpaired) electrons. The summed E-state index contributed by atoms with van der Waals surface area (Å²) >= 11 is 0. The summed E-state index contributed by atoms with van der Waals surface area (Å²) in [6.07, 6.45) is 7.99. The molecule has 1 unspecified atom stereocenters. The van der Waals surface area contributed by atoms with Crippen LogP contribution >= 0.6 is 7.82 Å². The number of rotatable bonds is 18. The third-order valence-corrected chi connectivity index (χ3v) is 6.31. The average Bonchev–Trinajstić information content (AvgIpc) is 2.82. The Hall–Kier alpha value is -1.63. The van der Waals surface area contributed by atoms with Gasteiger partial charge in [0.25, 0.3) is 0 Å². The van der Waals surface area contributed by atoms with Gasteiger partial charge in [-0.3, -0.25) is 14.1 Å². The summed E-state index contributed by atoms with van der Waals surface area (Å²) in [6.45, 7) is 2.21. The van der Waals surface area contributed by atoms with Crippen molar-refractivity contribution in [3.8, 4) is 0 Å². The van der Waals surface area contributed by atoms with Gasteiger partial charge in [0, 0.05) is 25.7 Å². The summed E-state index contributed by atoms with van der Waals surface area (Å²) in [5, 5.41) is 30.5. The summed E-state index contributed by atoms with van der Waals surface area (Å²) in [5.41, 5.74) is 0. The second-order valence-electron chi connectivity index (χ2n) is 9.27. The van der Waals surface area contributed by atoms with Crippen molar-refractivity contribution in [2.75, 3.05) is 13.2 Å². The van der Waals surface area contributed by atoms with Crippen molar-refractivity contribution < 1.29 is 58.0 Å². The predicted octanol–water partition coefficient (Wildman–Crippen LogP) is 2.27. The fraction of sp³-hybridized carbons (Fsp3) is 0.760. The predicted molar refractivity (Wildman–Crippen MR) is 136 cm³/mol. The van der Waals surface area contributed by atoms with Gasteiger partial charge in [0.1, 0.15) is 6.61 Å². The fourth-order valence-corrected chi connectivity index (χ4v) is 4.20. The zero-order valence-electron chi connectivity index (χ0n) is 22.1. The van der Waals surface area contributed by atoms with Gasteiger partial charge in [-0.1, -0.05) is 50.5 Å². The van der Waals surface area contributed by atoms with E-state index in [2.05, 4.69) is 11.4 Å². The van der Waals surface area contributed by atoms with Gasteiger partial charge in [-0.25, -0.2) is 4.57 Å². The van der Waals surface area contributed by atoms with Crippen molar-refractivity contribution in [2.24, 2.45) is 5.92 Å². The van der Waals surface area contributed by atoms with E-state index in [9.17, 15) is 29.5 Å². The van der Waals surface area contributed by atoms with Crippen LogP contribution in [0.3, 0.4) is 0 Å². The van der Waals surface area contributed by atoms with E-state index in [-0.39, 0.29) is 18.8 Å². The number of phosphoric acid groups is 1. The average molecular weight is 567 g/mol. The Balaban J connectivity index is 2.50. The number of esters is 2. The molecule has 0 aromatic rings. The van der Waals surface area contributed by atoms with Crippen LogP contribution in [0.15, 0.2) is 24.3 Å². The summed E-state index contributed by atoms with van der Waals surface area (Å²) in [6, 6.07) is 0. The van der Waals surface area contributed by atoms with Crippen LogP contribution in [0.4, 0.5) is 0 Å².